The van der Waals surface area contributed by atoms with Gasteiger partial charge in [-0.25, -0.2) is 9.50 Å². The van der Waals surface area contributed by atoms with Crippen molar-refractivity contribution in [1.82, 2.24) is 24.5 Å². The van der Waals surface area contributed by atoms with Crippen molar-refractivity contribution >= 4 is 33.0 Å². The molecule has 5 heterocycles. The van der Waals surface area contributed by atoms with Gasteiger partial charge in [-0.05, 0) is 87.5 Å². The van der Waals surface area contributed by atoms with Crippen molar-refractivity contribution in [3.8, 4) is 11.3 Å². The number of rotatable bonds is 5. The quantitative estimate of drug-likeness (QED) is 0.365. The highest BCUT2D eigenvalue weighted by Gasteiger charge is 2.48. The highest BCUT2D eigenvalue weighted by atomic mass is 32.1. The number of aromatic amines is 1. The van der Waals surface area contributed by atoms with E-state index in [1.165, 1.54) is 56.6 Å². The molecule has 35 heavy (non-hydrogen) atoms. The third-order valence-corrected chi connectivity index (χ3v) is 10.3. The van der Waals surface area contributed by atoms with E-state index in [1.807, 2.05) is 15.9 Å². The average molecular weight is 490 g/mol. The van der Waals surface area contributed by atoms with Crippen LogP contribution >= 0.6 is 11.3 Å². The molecule has 4 aromatic rings. The number of fused-ring (bicyclic) bond motifs is 4. The number of thiophene rings is 1. The molecule has 184 valence electrons. The summed E-state index contributed by atoms with van der Waals surface area (Å²) in [5.74, 6) is 1.96. The summed E-state index contributed by atoms with van der Waals surface area (Å²) in [6.07, 6.45) is 6.17. The van der Waals surface area contributed by atoms with E-state index in [4.69, 9.17) is 0 Å². The Bertz CT molecular complexity index is 1470. The number of likely N-dealkylation sites (tertiary alicyclic amines) is 1. The molecule has 2 bridgehead atoms. The predicted octanol–water partition coefficient (Wildman–Crippen LogP) is 6.14. The summed E-state index contributed by atoms with van der Waals surface area (Å²) in [6.45, 7) is 16.1. The molecule has 2 fully saturated rings. The molecule has 1 aliphatic heterocycles. The first-order valence-electron chi connectivity index (χ1n) is 12.9. The number of hydrogen-bond donors (Lipinski definition) is 1. The van der Waals surface area contributed by atoms with Crippen LogP contribution in [0.4, 0.5) is 0 Å². The molecule has 0 amide bonds. The Kier molecular flexibility index (Phi) is 5.24. The number of ketones is 1. The molecular weight excluding hydrogens is 454 g/mol. The Morgan fingerprint density at radius 2 is 1.91 bits per heavy atom. The van der Waals surface area contributed by atoms with Crippen LogP contribution in [0.15, 0.2) is 12.5 Å². The van der Waals surface area contributed by atoms with Gasteiger partial charge < -0.3 is 4.98 Å². The first kappa shape index (κ1) is 22.9. The normalized spacial score (nSPS) is 23.4. The summed E-state index contributed by atoms with van der Waals surface area (Å²) >= 11 is 1.96. The van der Waals surface area contributed by atoms with Gasteiger partial charge in [0.2, 0.25) is 0 Å². The smallest absolute Gasteiger partial charge is 0.158 e. The molecule has 2 aliphatic rings. The van der Waals surface area contributed by atoms with Crippen LogP contribution in [-0.4, -0.2) is 48.9 Å². The van der Waals surface area contributed by atoms with Crippen LogP contribution in [-0.2, 0) is 4.79 Å². The molecule has 1 aliphatic carbocycles. The Hall–Kier alpha value is -2.51. The molecule has 1 saturated heterocycles. The van der Waals surface area contributed by atoms with Crippen molar-refractivity contribution in [2.75, 3.05) is 6.54 Å². The van der Waals surface area contributed by atoms with Gasteiger partial charge in [0.25, 0.3) is 0 Å². The molecule has 0 radical (unpaired) electrons. The van der Waals surface area contributed by atoms with Gasteiger partial charge in [0, 0.05) is 34.6 Å². The predicted molar refractivity (Wildman–Crippen MR) is 143 cm³/mol. The van der Waals surface area contributed by atoms with Crippen molar-refractivity contribution in [2.24, 2.45) is 5.92 Å². The van der Waals surface area contributed by atoms with Crippen molar-refractivity contribution in [3.05, 3.63) is 39.7 Å². The van der Waals surface area contributed by atoms with Gasteiger partial charge in [-0.1, -0.05) is 13.8 Å². The largest absolute Gasteiger partial charge is 0.346 e. The number of aryl methyl sites for hydroxylation is 2. The first-order valence-corrected chi connectivity index (χ1v) is 13.7. The minimum Gasteiger partial charge on any atom is -0.346 e. The molecule has 7 heteroatoms. The Labute approximate surface area is 210 Å². The summed E-state index contributed by atoms with van der Waals surface area (Å²) in [6, 6.07) is 0.595. The lowest BCUT2D eigenvalue weighted by atomic mass is 9.88. The third kappa shape index (κ3) is 3.27. The van der Waals surface area contributed by atoms with Crippen molar-refractivity contribution in [3.63, 3.8) is 0 Å². The fourth-order valence-corrected chi connectivity index (χ4v) is 8.30. The van der Waals surface area contributed by atoms with E-state index in [-0.39, 0.29) is 6.04 Å². The number of Topliss-reactive ketones (excluding diaryl/α,β-unsaturated/α-hetero) is 1. The number of nitrogens with zero attached hydrogens (tertiary/aromatic N) is 4. The summed E-state index contributed by atoms with van der Waals surface area (Å²) in [5.41, 5.74) is 8.66. The molecular formula is C28H35N5OS. The van der Waals surface area contributed by atoms with Gasteiger partial charge in [-0.15, -0.1) is 11.3 Å². The highest BCUT2D eigenvalue weighted by Crippen LogP contribution is 2.53. The van der Waals surface area contributed by atoms with E-state index in [0.717, 1.165) is 12.2 Å². The maximum atomic E-state index is 12.0. The minimum atomic E-state index is 0.0501. The fourth-order valence-electron chi connectivity index (χ4n) is 6.86. The maximum absolute atomic E-state index is 12.0. The van der Waals surface area contributed by atoms with Crippen LogP contribution in [0.25, 0.3) is 27.1 Å². The maximum Gasteiger partial charge on any atom is 0.158 e. The number of nitrogens with one attached hydrogen (secondary N) is 1. The molecule has 1 N–H and O–H groups in total. The second-order valence-electron chi connectivity index (χ2n) is 11.2. The van der Waals surface area contributed by atoms with E-state index < -0.39 is 0 Å². The summed E-state index contributed by atoms with van der Waals surface area (Å²) in [4.78, 5) is 25.6. The molecule has 4 atom stereocenters. The van der Waals surface area contributed by atoms with Gasteiger partial charge in [-0.3, -0.25) is 9.69 Å². The molecule has 2 unspecified atom stereocenters. The second kappa shape index (κ2) is 8.00. The van der Waals surface area contributed by atoms with Crippen LogP contribution < -0.4 is 0 Å². The monoisotopic (exact) mass is 489 g/mol. The topological polar surface area (TPSA) is 66.3 Å². The standard InChI is InChI=1S/C28H35N5OS/c1-13(2)23-24-16(5)26(21-9-20-8-19(21)10-32(20)17(6)18(7)34)35-28(24)31-25(23)22-11-33-27(29-12-30-33)15(4)14(22)3/h11-13,17,19-21,31H,8-10H2,1-7H3/t17?,19-,20?,21+/m0/s1. The van der Waals surface area contributed by atoms with Gasteiger partial charge in [0.1, 0.15) is 16.9 Å². The SMILES string of the molecule is CC(=O)C(C)N1C[C@@H]2CC1C[C@H]2c1sc2[nH]c(-c3cn4ncnc4c(C)c3C)c(C(C)C)c2c1C. The molecule has 0 aromatic carbocycles. The fraction of sp³-hybridized carbons (Fsp3) is 0.536. The Morgan fingerprint density at radius 3 is 2.57 bits per heavy atom. The van der Waals surface area contributed by atoms with Gasteiger partial charge in [0.05, 0.1) is 11.7 Å². The molecule has 6 rings (SSSR count). The lowest BCUT2D eigenvalue weighted by molar-refractivity contribution is -0.122. The van der Waals surface area contributed by atoms with Crippen LogP contribution in [0.1, 0.15) is 79.5 Å². The molecule has 6 nitrogen and oxygen atoms in total. The second-order valence-corrected chi connectivity index (χ2v) is 12.2. The van der Waals surface area contributed by atoms with E-state index in [2.05, 4.69) is 67.7 Å². The zero-order valence-corrected chi connectivity index (χ0v) is 22.6. The summed E-state index contributed by atoms with van der Waals surface area (Å²) in [5, 5.41) is 5.85. The molecule has 1 saturated carbocycles. The number of hydrogen-bond acceptors (Lipinski definition) is 5. The van der Waals surface area contributed by atoms with E-state index >= 15 is 0 Å². The van der Waals surface area contributed by atoms with Gasteiger partial charge >= 0.3 is 0 Å². The minimum absolute atomic E-state index is 0.0501. The lowest BCUT2D eigenvalue weighted by Gasteiger charge is -2.34. The van der Waals surface area contributed by atoms with E-state index in [1.54, 1.807) is 18.1 Å². The average Bonchev–Trinajstić information content (AvgIpc) is 3.61. The van der Waals surface area contributed by atoms with E-state index in [0.29, 0.717) is 29.6 Å². The molecule has 0 spiro atoms. The van der Waals surface area contributed by atoms with Crippen molar-refractivity contribution < 1.29 is 4.79 Å². The van der Waals surface area contributed by atoms with Gasteiger partial charge in [0.15, 0.2) is 5.65 Å². The summed E-state index contributed by atoms with van der Waals surface area (Å²) < 4.78 is 1.90. The highest BCUT2D eigenvalue weighted by molar-refractivity contribution is 7.19. The first-order chi connectivity index (χ1) is 16.7. The van der Waals surface area contributed by atoms with Crippen molar-refractivity contribution in [2.45, 2.75) is 85.2 Å². The zero-order chi connectivity index (χ0) is 24.8. The third-order valence-electron chi connectivity index (χ3n) is 8.94. The lowest BCUT2D eigenvalue weighted by Crippen LogP contribution is -2.44. The number of carbonyl (C=O) groups is 1. The zero-order valence-electron chi connectivity index (χ0n) is 21.8. The van der Waals surface area contributed by atoms with Crippen LogP contribution in [0, 0.1) is 26.7 Å². The molecule has 4 aromatic heterocycles. The Balaban J connectivity index is 1.42. The number of pyridine rings is 1. The number of H-pyrrole nitrogens is 1. The number of piperidine rings is 1. The number of carbonyl (C=O) groups excluding carboxylic acids is 1. The summed E-state index contributed by atoms with van der Waals surface area (Å²) in [7, 11) is 0. The van der Waals surface area contributed by atoms with Crippen LogP contribution in [0.5, 0.6) is 0 Å². The van der Waals surface area contributed by atoms with Crippen LogP contribution in [0.3, 0.4) is 0 Å². The van der Waals surface area contributed by atoms with Crippen molar-refractivity contribution in [1.29, 1.82) is 0 Å². The number of aromatic nitrogens is 4. The van der Waals surface area contributed by atoms with Crippen LogP contribution in [0.2, 0.25) is 0 Å². The van der Waals surface area contributed by atoms with Gasteiger partial charge in [-0.2, -0.15) is 5.10 Å². The van der Waals surface area contributed by atoms with E-state index in [9.17, 15) is 4.79 Å². The Morgan fingerprint density at radius 1 is 1.14 bits per heavy atom.